The molecule has 4 rings (SSSR count). The van der Waals surface area contributed by atoms with Crippen molar-refractivity contribution < 1.29 is 19.1 Å². The Hall–Kier alpha value is -3.62. The molecule has 0 unspecified atom stereocenters. The highest BCUT2D eigenvalue weighted by atomic mass is 16.6. The number of aromatic nitrogens is 1. The Balaban J connectivity index is 1.45. The number of likely N-dealkylation sites (tertiary alicyclic amines) is 1. The second-order valence-electron chi connectivity index (χ2n) is 11.1. The molecule has 9 nitrogen and oxygen atoms in total. The number of nitrogens with zero attached hydrogens (tertiary/aromatic N) is 2. The molecule has 37 heavy (non-hydrogen) atoms. The van der Waals surface area contributed by atoms with Crippen molar-refractivity contribution in [2.75, 3.05) is 29.0 Å². The SMILES string of the molecule is Cc1cc(NC(=O)C(=O)N2C[C@H](C)CC[C@H]2c2ccc3c(c2)CCCN3)cnc1NC(=O)OC(C)(C)C. The van der Waals surface area contributed by atoms with E-state index in [0.29, 0.717) is 29.5 Å². The average Bonchev–Trinajstić information content (AvgIpc) is 2.83. The zero-order chi connectivity index (χ0) is 26.7. The third kappa shape index (κ3) is 6.58. The molecule has 3 amide bonds. The maximum atomic E-state index is 13.4. The first-order valence-electron chi connectivity index (χ1n) is 13.0. The van der Waals surface area contributed by atoms with Crippen molar-refractivity contribution >= 4 is 35.1 Å². The van der Waals surface area contributed by atoms with Crippen LogP contribution in [0.3, 0.4) is 0 Å². The van der Waals surface area contributed by atoms with E-state index in [9.17, 15) is 14.4 Å². The van der Waals surface area contributed by atoms with Gasteiger partial charge in [-0.1, -0.05) is 19.1 Å². The molecule has 1 saturated heterocycles. The van der Waals surface area contributed by atoms with E-state index in [1.807, 2.05) is 0 Å². The van der Waals surface area contributed by atoms with Crippen molar-refractivity contribution in [3.63, 3.8) is 0 Å². The number of fused-ring (bicyclic) bond motifs is 1. The lowest BCUT2D eigenvalue weighted by Crippen LogP contribution is -2.46. The molecule has 0 spiro atoms. The number of nitrogens with one attached hydrogen (secondary N) is 3. The number of rotatable bonds is 3. The molecule has 2 aliphatic heterocycles. The van der Waals surface area contributed by atoms with Crippen molar-refractivity contribution in [2.45, 2.75) is 71.9 Å². The van der Waals surface area contributed by atoms with Crippen LogP contribution >= 0.6 is 0 Å². The van der Waals surface area contributed by atoms with Crippen molar-refractivity contribution in [3.8, 4) is 0 Å². The average molecular weight is 508 g/mol. The van der Waals surface area contributed by atoms with E-state index in [4.69, 9.17) is 4.74 Å². The molecule has 1 aromatic heterocycles. The van der Waals surface area contributed by atoms with Gasteiger partial charge in [-0.3, -0.25) is 14.9 Å². The van der Waals surface area contributed by atoms with Gasteiger partial charge in [-0.05, 0) is 88.1 Å². The van der Waals surface area contributed by atoms with Gasteiger partial charge in [0.25, 0.3) is 0 Å². The smallest absolute Gasteiger partial charge is 0.413 e. The lowest BCUT2D eigenvalue weighted by atomic mass is 9.88. The monoisotopic (exact) mass is 507 g/mol. The summed E-state index contributed by atoms with van der Waals surface area (Å²) in [7, 11) is 0. The Labute approximate surface area is 218 Å². The first kappa shape index (κ1) is 26.4. The predicted molar refractivity (Wildman–Crippen MR) is 144 cm³/mol. The number of pyridine rings is 1. The van der Waals surface area contributed by atoms with Gasteiger partial charge in [0.05, 0.1) is 17.9 Å². The van der Waals surface area contributed by atoms with E-state index < -0.39 is 23.5 Å². The number of hydrogen-bond donors (Lipinski definition) is 3. The number of piperidine rings is 1. The molecule has 2 atom stereocenters. The summed E-state index contributed by atoms with van der Waals surface area (Å²) in [6.07, 6.45) is 4.72. The topological polar surface area (TPSA) is 113 Å². The number of anilines is 3. The molecule has 3 heterocycles. The van der Waals surface area contributed by atoms with E-state index in [2.05, 4.69) is 46.1 Å². The van der Waals surface area contributed by atoms with E-state index in [-0.39, 0.29) is 6.04 Å². The summed E-state index contributed by atoms with van der Waals surface area (Å²) in [5, 5.41) is 8.72. The van der Waals surface area contributed by atoms with Crippen molar-refractivity contribution in [1.82, 2.24) is 9.88 Å². The molecule has 1 aromatic carbocycles. The van der Waals surface area contributed by atoms with Crippen LogP contribution in [0.1, 0.15) is 69.7 Å². The second-order valence-corrected chi connectivity index (χ2v) is 11.1. The highest BCUT2D eigenvalue weighted by Crippen LogP contribution is 2.36. The zero-order valence-corrected chi connectivity index (χ0v) is 22.3. The fourth-order valence-corrected chi connectivity index (χ4v) is 4.91. The fourth-order valence-electron chi connectivity index (χ4n) is 4.91. The Bertz CT molecular complexity index is 1190. The van der Waals surface area contributed by atoms with Crippen LogP contribution in [0, 0.1) is 12.8 Å². The summed E-state index contributed by atoms with van der Waals surface area (Å²) < 4.78 is 5.26. The summed E-state index contributed by atoms with van der Waals surface area (Å²) in [4.78, 5) is 44.4. The molecule has 0 radical (unpaired) electrons. The van der Waals surface area contributed by atoms with Crippen molar-refractivity contribution in [3.05, 3.63) is 47.2 Å². The van der Waals surface area contributed by atoms with Gasteiger partial charge in [0.1, 0.15) is 11.4 Å². The van der Waals surface area contributed by atoms with Crippen LogP contribution in [0.4, 0.5) is 22.0 Å². The van der Waals surface area contributed by atoms with Crippen LogP contribution in [0.2, 0.25) is 0 Å². The fraction of sp³-hybridized carbons (Fsp3) is 0.500. The third-order valence-corrected chi connectivity index (χ3v) is 6.68. The van der Waals surface area contributed by atoms with E-state index in [1.165, 1.54) is 11.8 Å². The Morgan fingerprint density at radius 2 is 1.92 bits per heavy atom. The number of benzene rings is 1. The number of aryl methyl sites for hydroxylation is 2. The lowest BCUT2D eigenvalue weighted by molar-refractivity contribution is -0.146. The maximum absolute atomic E-state index is 13.4. The largest absolute Gasteiger partial charge is 0.444 e. The van der Waals surface area contributed by atoms with Gasteiger partial charge in [-0.25, -0.2) is 9.78 Å². The lowest BCUT2D eigenvalue weighted by Gasteiger charge is -2.39. The van der Waals surface area contributed by atoms with Crippen LogP contribution < -0.4 is 16.0 Å². The Kier molecular flexibility index (Phi) is 7.71. The number of carbonyl (C=O) groups excluding carboxylic acids is 3. The molecule has 2 aliphatic rings. The molecular formula is C28H37N5O4. The first-order chi connectivity index (χ1) is 17.5. The predicted octanol–water partition coefficient (Wildman–Crippen LogP) is 5.03. The van der Waals surface area contributed by atoms with E-state index in [1.54, 1.807) is 38.7 Å². The zero-order valence-electron chi connectivity index (χ0n) is 22.3. The van der Waals surface area contributed by atoms with Crippen LogP contribution in [0.15, 0.2) is 30.5 Å². The summed E-state index contributed by atoms with van der Waals surface area (Å²) in [6.45, 7) is 10.7. The molecule has 0 saturated carbocycles. The number of amides is 3. The Morgan fingerprint density at radius 3 is 2.65 bits per heavy atom. The number of hydrogen-bond acceptors (Lipinski definition) is 6. The van der Waals surface area contributed by atoms with Gasteiger partial charge in [0.2, 0.25) is 0 Å². The Morgan fingerprint density at radius 1 is 1.14 bits per heavy atom. The van der Waals surface area contributed by atoms with E-state index >= 15 is 0 Å². The van der Waals surface area contributed by atoms with Gasteiger partial charge in [-0.15, -0.1) is 0 Å². The molecule has 0 bridgehead atoms. The second kappa shape index (κ2) is 10.8. The van der Waals surface area contributed by atoms with Gasteiger partial charge < -0.3 is 20.3 Å². The van der Waals surface area contributed by atoms with Gasteiger partial charge in [-0.2, -0.15) is 0 Å². The van der Waals surface area contributed by atoms with Crippen molar-refractivity contribution in [2.24, 2.45) is 5.92 Å². The van der Waals surface area contributed by atoms with E-state index in [0.717, 1.165) is 43.5 Å². The summed E-state index contributed by atoms with van der Waals surface area (Å²) >= 11 is 0. The highest BCUT2D eigenvalue weighted by Gasteiger charge is 2.34. The summed E-state index contributed by atoms with van der Waals surface area (Å²) in [6, 6.07) is 7.87. The standard InChI is InChI=1S/C28H37N5O4/c1-17-8-11-23(20-9-10-22-19(14-20)7-6-12-29-22)33(16-17)26(35)25(34)31-21-13-18(2)24(30-15-21)32-27(36)37-28(3,4)5/h9-10,13-15,17,23,29H,6-8,11-12,16H2,1-5H3,(H,31,34)(H,30,32,36)/t17-,23+/m1/s1. The first-order valence-corrected chi connectivity index (χ1v) is 13.0. The number of ether oxygens (including phenoxy) is 1. The summed E-state index contributed by atoms with van der Waals surface area (Å²) in [5.74, 6) is -0.617. The van der Waals surface area contributed by atoms with Crippen molar-refractivity contribution in [1.29, 1.82) is 0 Å². The molecular weight excluding hydrogens is 470 g/mol. The maximum Gasteiger partial charge on any atom is 0.413 e. The van der Waals surface area contributed by atoms with Gasteiger partial charge >= 0.3 is 17.9 Å². The molecule has 198 valence electrons. The molecule has 9 heteroatoms. The van der Waals surface area contributed by atoms with Gasteiger partial charge in [0.15, 0.2) is 0 Å². The normalized spacial score (nSPS) is 19.3. The van der Waals surface area contributed by atoms with Crippen LogP contribution in [-0.2, 0) is 20.7 Å². The minimum atomic E-state index is -0.701. The molecule has 0 aliphatic carbocycles. The van der Waals surface area contributed by atoms with Crippen LogP contribution in [0.25, 0.3) is 0 Å². The minimum Gasteiger partial charge on any atom is -0.444 e. The quantitative estimate of drug-likeness (QED) is 0.502. The minimum absolute atomic E-state index is 0.137. The molecule has 3 N–H and O–H groups in total. The summed E-state index contributed by atoms with van der Waals surface area (Å²) in [5.41, 5.74) is 3.87. The highest BCUT2D eigenvalue weighted by molar-refractivity contribution is 6.39. The molecule has 1 fully saturated rings. The van der Waals surface area contributed by atoms with Gasteiger partial charge in [0, 0.05) is 18.8 Å². The number of carbonyl (C=O) groups is 3. The van der Waals surface area contributed by atoms with Crippen LogP contribution in [0.5, 0.6) is 0 Å². The third-order valence-electron chi connectivity index (χ3n) is 6.68. The molecule has 2 aromatic rings. The van der Waals surface area contributed by atoms with Crippen LogP contribution in [-0.4, -0.2) is 46.5 Å².